The summed E-state index contributed by atoms with van der Waals surface area (Å²) in [6, 6.07) is 6.81. The van der Waals surface area contributed by atoms with Crippen molar-refractivity contribution in [1.29, 1.82) is 0 Å². The summed E-state index contributed by atoms with van der Waals surface area (Å²) in [6.45, 7) is 3.93. The molecule has 2 rings (SSSR count). The minimum absolute atomic E-state index is 0.0758. The van der Waals surface area contributed by atoms with Crippen LogP contribution < -0.4 is 20.1 Å². The predicted octanol–water partition coefficient (Wildman–Crippen LogP) is 3.42. The van der Waals surface area contributed by atoms with Gasteiger partial charge in [0.25, 0.3) is 0 Å². The number of aliphatic imine (C=N–C) groups is 1. The maximum absolute atomic E-state index is 12.8. The van der Waals surface area contributed by atoms with Gasteiger partial charge in [0.2, 0.25) is 0 Å². The molecule has 0 atom stereocenters. The van der Waals surface area contributed by atoms with Crippen LogP contribution in [-0.4, -0.2) is 42.0 Å². The van der Waals surface area contributed by atoms with Crippen molar-refractivity contribution in [3.63, 3.8) is 0 Å². The highest BCUT2D eigenvalue weighted by atomic mass is 19.3. The molecule has 9 heteroatoms. The number of benzene rings is 1. The zero-order valence-corrected chi connectivity index (χ0v) is 16.9. The molecule has 0 fully saturated rings. The van der Waals surface area contributed by atoms with E-state index in [1.54, 1.807) is 18.3 Å². The van der Waals surface area contributed by atoms with Crippen molar-refractivity contribution in [3.8, 4) is 11.5 Å². The molecule has 0 aliphatic heterocycles. The third-order valence-electron chi connectivity index (χ3n) is 3.89. The molecule has 0 radical (unpaired) electrons. The summed E-state index contributed by atoms with van der Waals surface area (Å²) in [5.41, 5.74) is 0.558. The fourth-order valence-electron chi connectivity index (χ4n) is 2.57. The van der Waals surface area contributed by atoms with Gasteiger partial charge in [-0.2, -0.15) is 13.9 Å². The van der Waals surface area contributed by atoms with Crippen molar-refractivity contribution in [3.05, 3.63) is 42.2 Å². The monoisotopic (exact) mass is 409 g/mol. The first-order chi connectivity index (χ1) is 14.1. The van der Waals surface area contributed by atoms with Gasteiger partial charge in [0, 0.05) is 43.7 Å². The number of aromatic nitrogens is 2. The summed E-state index contributed by atoms with van der Waals surface area (Å²) in [7, 11) is 0. The summed E-state index contributed by atoms with van der Waals surface area (Å²) >= 11 is 0. The quantitative estimate of drug-likeness (QED) is 0.319. The normalized spacial score (nSPS) is 11.6. The number of guanidine groups is 1. The fraction of sp³-hybridized carbons (Fsp3) is 0.500. The molecule has 0 bridgehead atoms. The Bertz CT molecular complexity index is 738. The van der Waals surface area contributed by atoms with Crippen LogP contribution in [0, 0.1) is 0 Å². The molecular formula is C20H29F2N5O2. The summed E-state index contributed by atoms with van der Waals surface area (Å²) < 4.78 is 37.6. The molecule has 0 unspecified atom stereocenters. The van der Waals surface area contributed by atoms with E-state index in [1.165, 1.54) is 6.07 Å². The molecular weight excluding hydrogens is 380 g/mol. The third-order valence-corrected chi connectivity index (χ3v) is 3.89. The topological polar surface area (TPSA) is 72.7 Å². The average Bonchev–Trinajstić information content (AvgIpc) is 3.21. The Kier molecular flexibility index (Phi) is 9.74. The Balaban J connectivity index is 1.97. The molecule has 1 aromatic carbocycles. The number of nitrogens with one attached hydrogen (secondary N) is 2. The Hall–Kier alpha value is -2.84. The van der Waals surface area contributed by atoms with Crippen LogP contribution in [0.25, 0.3) is 0 Å². The van der Waals surface area contributed by atoms with Gasteiger partial charge in [-0.1, -0.05) is 6.92 Å². The number of nitrogens with zero attached hydrogens (tertiary/aromatic N) is 3. The van der Waals surface area contributed by atoms with Crippen molar-refractivity contribution < 1.29 is 18.3 Å². The van der Waals surface area contributed by atoms with Gasteiger partial charge >= 0.3 is 6.61 Å². The number of hydrogen-bond acceptors (Lipinski definition) is 4. The van der Waals surface area contributed by atoms with Crippen molar-refractivity contribution in [1.82, 2.24) is 20.4 Å². The number of ether oxygens (including phenoxy) is 2. The second-order valence-electron chi connectivity index (χ2n) is 6.24. The lowest BCUT2D eigenvalue weighted by Gasteiger charge is -2.14. The minimum atomic E-state index is -2.91. The van der Waals surface area contributed by atoms with Crippen LogP contribution in [0.5, 0.6) is 11.5 Å². The molecule has 2 N–H and O–H groups in total. The first-order valence-corrected chi connectivity index (χ1v) is 9.82. The van der Waals surface area contributed by atoms with Crippen LogP contribution in [0.15, 0.2) is 41.7 Å². The lowest BCUT2D eigenvalue weighted by atomic mass is 10.2. The molecule has 7 nitrogen and oxygen atoms in total. The Morgan fingerprint density at radius 3 is 2.83 bits per heavy atom. The van der Waals surface area contributed by atoms with E-state index in [9.17, 15) is 8.78 Å². The van der Waals surface area contributed by atoms with E-state index in [2.05, 4.69) is 25.5 Å². The predicted molar refractivity (Wildman–Crippen MR) is 109 cm³/mol. The van der Waals surface area contributed by atoms with Crippen LogP contribution in [0.4, 0.5) is 8.78 Å². The largest absolute Gasteiger partial charge is 0.493 e. The van der Waals surface area contributed by atoms with Gasteiger partial charge in [-0.3, -0.25) is 4.68 Å². The van der Waals surface area contributed by atoms with Crippen molar-refractivity contribution in [2.45, 2.75) is 46.4 Å². The first kappa shape index (κ1) is 22.4. The molecule has 0 spiro atoms. The number of alkyl halides is 2. The van der Waals surface area contributed by atoms with E-state index in [0.717, 1.165) is 19.4 Å². The molecule has 1 heterocycles. The molecule has 1 aromatic heterocycles. The van der Waals surface area contributed by atoms with Gasteiger partial charge in [0.05, 0.1) is 13.2 Å². The van der Waals surface area contributed by atoms with E-state index in [4.69, 9.17) is 4.74 Å². The highest BCUT2D eigenvalue weighted by Crippen LogP contribution is 2.27. The van der Waals surface area contributed by atoms with Crippen molar-refractivity contribution in [2.75, 3.05) is 19.7 Å². The van der Waals surface area contributed by atoms with E-state index in [-0.39, 0.29) is 12.3 Å². The lowest BCUT2D eigenvalue weighted by Crippen LogP contribution is -2.38. The van der Waals surface area contributed by atoms with E-state index >= 15 is 0 Å². The van der Waals surface area contributed by atoms with Gasteiger partial charge < -0.3 is 20.1 Å². The minimum Gasteiger partial charge on any atom is -0.493 e. The van der Waals surface area contributed by atoms with Gasteiger partial charge in [-0.05, 0) is 38.0 Å². The Morgan fingerprint density at radius 2 is 2.14 bits per heavy atom. The highest BCUT2D eigenvalue weighted by molar-refractivity contribution is 5.79. The molecule has 2 aromatic rings. The standard InChI is InChI=1S/C20H29F2N5O2/c1-3-13-28-17-8-7-16(18(14-17)29-19(21)22)15-25-20(23-4-2)24-9-5-11-27-12-6-10-26-27/h6-8,10,12,14,19H,3-5,9,11,13,15H2,1-2H3,(H2,23,24,25). The molecule has 0 amide bonds. The molecule has 29 heavy (non-hydrogen) atoms. The lowest BCUT2D eigenvalue weighted by molar-refractivity contribution is -0.0505. The maximum atomic E-state index is 12.8. The second-order valence-corrected chi connectivity index (χ2v) is 6.24. The van der Waals surface area contributed by atoms with E-state index in [1.807, 2.05) is 30.8 Å². The van der Waals surface area contributed by atoms with Gasteiger partial charge in [-0.15, -0.1) is 0 Å². The van der Waals surface area contributed by atoms with Crippen LogP contribution >= 0.6 is 0 Å². The zero-order valence-electron chi connectivity index (χ0n) is 16.9. The summed E-state index contributed by atoms with van der Waals surface area (Å²) in [6.07, 6.45) is 5.36. The molecule has 0 saturated carbocycles. The maximum Gasteiger partial charge on any atom is 0.387 e. The number of hydrogen-bond donors (Lipinski definition) is 2. The molecule has 160 valence electrons. The molecule has 0 saturated heterocycles. The summed E-state index contributed by atoms with van der Waals surface area (Å²) in [4.78, 5) is 4.48. The van der Waals surface area contributed by atoms with Crippen LogP contribution in [-0.2, 0) is 13.1 Å². The third kappa shape index (κ3) is 8.37. The number of aryl methyl sites for hydroxylation is 1. The van der Waals surface area contributed by atoms with Crippen LogP contribution in [0.3, 0.4) is 0 Å². The Labute approximate surface area is 170 Å². The Morgan fingerprint density at radius 1 is 1.28 bits per heavy atom. The van der Waals surface area contributed by atoms with Gasteiger partial charge in [0.1, 0.15) is 11.5 Å². The smallest absolute Gasteiger partial charge is 0.387 e. The van der Waals surface area contributed by atoms with Crippen LogP contribution in [0.1, 0.15) is 32.3 Å². The molecule has 0 aliphatic carbocycles. The highest BCUT2D eigenvalue weighted by Gasteiger charge is 2.11. The van der Waals surface area contributed by atoms with Crippen molar-refractivity contribution in [2.24, 2.45) is 4.99 Å². The van der Waals surface area contributed by atoms with E-state index in [0.29, 0.717) is 37.0 Å². The SMILES string of the molecule is CCCOc1ccc(CN=C(NCC)NCCCn2cccn2)c(OC(F)F)c1. The zero-order chi connectivity index (χ0) is 20.9. The average molecular weight is 409 g/mol. The van der Waals surface area contributed by atoms with Crippen LogP contribution in [0.2, 0.25) is 0 Å². The molecule has 0 aliphatic rings. The fourth-order valence-corrected chi connectivity index (χ4v) is 2.57. The summed E-state index contributed by atoms with van der Waals surface area (Å²) in [5, 5.41) is 10.5. The number of rotatable bonds is 12. The van der Waals surface area contributed by atoms with Crippen molar-refractivity contribution >= 4 is 5.96 Å². The van der Waals surface area contributed by atoms with Gasteiger partial charge in [-0.25, -0.2) is 4.99 Å². The van der Waals surface area contributed by atoms with E-state index < -0.39 is 6.61 Å². The second kappa shape index (κ2) is 12.6. The first-order valence-electron chi connectivity index (χ1n) is 9.82. The van der Waals surface area contributed by atoms with Gasteiger partial charge in [0.15, 0.2) is 5.96 Å². The summed E-state index contributed by atoms with van der Waals surface area (Å²) in [5.74, 6) is 1.19. The number of halogens is 2.